The highest BCUT2D eigenvalue weighted by atomic mass is 16.3. The zero-order valence-electron chi connectivity index (χ0n) is 4.87. The third-order valence-corrected chi connectivity index (χ3v) is 0.692. The van der Waals surface area contributed by atoms with E-state index in [1.165, 1.54) is 0 Å². The number of carbonyl (C=O) groups is 1. The van der Waals surface area contributed by atoms with Gasteiger partial charge in [0.25, 0.3) is 0 Å². The fourth-order valence-electron chi connectivity index (χ4n) is 0.278. The average Bonchev–Trinajstić information content (AvgIpc) is 1.87. The van der Waals surface area contributed by atoms with Crippen molar-refractivity contribution in [2.75, 3.05) is 0 Å². The highest BCUT2D eigenvalue weighted by Crippen LogP contribution is 1.90. The first kappa shape index (κ1) is 7.69. The van der Waals surface area contributed by atoms with Crippen molar-refractivity contribution in [3.8, 4) is 0 Å². The summed E-state index contributed by atoms with van der Waals surface area (Å²) in [6.07, 6.45) is 3.19. The lowest BCUT2D eigenvalue weighted by Gasteiger charge is -1.87. The van der Waals surface area contributed by atoms with E-state index in [-0.39, 0.29) is 0 Å². The molecule has 1 N–H and O–H groups in total. The molecular weight excluding hydrogens is 116 g/mol. The van der Waals surface area contributed by atoms with Gasteiger partial charge in [-0.05, 0) is 12.2 Å². The van der Waals surface area contributed by atoms with Crippen molar-refractivity contribution >= 4 is 5.78 Å². The van der Waals surface area contributed by atoms with Crippen LogP contribution in [0.1, 0.15) is 0 Å². The second-order valence-corrected chi connectivity index (χ2v) is 1.31. The maximum Gasteiger partial charge on any atom is 0.219 e. The standard InChI is InChI=1S/C7H7O2/c1-3-5-7(9)6(8)4-2/h1,3-5,9H,2H2. The molecule has 0 heterocycles. The smallest absolute Gasteiger partial charge is 0.219 e. The number of aliphatic hydroxyl groups is 1. The molecule has 0 amide bonds. The largest absolute Gasteiger partial charge is 0.504 e. The number of hydrogen-bond acceptors (Lipinski definition) is 2. The van der Waals surface area contributed by atoms with Crippen LogP contribution in [0.5, 0.6) is 0 Å². The van der Waals surface area contributed by atoms with Gasteiger partial charge in [0.1, 0.15) is 0 Å². The number of hydrogen-bond donors (Lipinski definition) is 1. The number of aliphatic hydroxyl groups excluding tert-OH is 1. The molecule has 0 aromatic carbocycles. The van der Waals surface area contributed by atoms with E-state index in [4.69, 9.17) is 11.7 Å². The Labute approximate surface area is 53.8 Å². The van der Waals surface area contributed by atoms with Gasteiger partial charge in [-0.15, -0.1) is 0 Å². The van der Waals surface area contributed by atoms with Gasteiger partial charge < -0.3 is 5.11 Å². The molecule has 0 bridgehead atoms. The van der Waals surface area contributed by atoms with Crippen LogP contribution in [0.4, 0.5) is 0 Å². The van der Waals surface area contributed by atoms with Gasteiger partial charge in [0.05, 0.1) is 0 Å². The molecule has 0 unspecified atom stereocenters. The van der Waals surface area contributed by atoms with Crippen LogP contribution in [0.15, 0.2) is 30.6 Å². The summed E-state index contributed by atoms with van der Waals surface area (Å²) < 4.78 is 0. The SMILES string of the molecule is [CH]=CC=C(O)C(=O)C=C. The summed E-state index contributed by atoms with van der Waals surface area (Å²) >= 11 is 0. The van der Waals surface area contributed by atoms with Crippen LogP contribution >= 0.6 is 0 Å². The Balaban J connectivity index is 4.18. The van der Waals surface area contributed by atoms with Crippen LogP contribution < -0.4 is 0 Å². The van der Waals surface area contributed by atoms with Crippen LogP contribution in [0.2, 0.25) is 0 Å². The summed E-state index contributed by atoms with van der Waals surface area (Å²) in [4.78, 5) is 10.4. The molecule has 2 nitrogen and oxygen atoms in total. The van der Waals surface area contributed by atoms with Crippen molar-refractivity contribution in [3.63, 3.8) is 0 Å². The van der Waals surface area contributed by atoms with Crippen LogP contribution in [-0.4, -0.2) is 10.9 Å². The molecule has 9 heavy (non-hydrogen) atoms. The summed E-state index contributed by atoms with van der Waals surface area (Å²) in [7, 11) is 0. The van der Waals surface area contributed by atoms with Gasteiger partial charge >= 0.3 is 0 Å². The van der Waals surface area contributed by atoms with Crippen molar-refractivity contribution in [2.24, 2.45) is 0 Å². The van der Waals surface area contributed by atoms with Crippen LogP contribution in [0, 0.1) is 6.58 Å². The van der Waals surface area contributed by atoms with Gasteiger partial charge in [-0.2, -0.15) is 0 Å². The second-order valence-electron chi connectivity index (χ2n) is 1.31. The third-order valence-electron chi connectivity index (χ3n) is 0.692. The van der Waals surface area contributed by atoms with E-state index in [0.717, 1.165) is 18.2 Å². The normalized spacial score (nSPS) is 10.4. The van der Waals surface area contributed by atoms with Crippen molar-refractivity contribution < 1.29 is 9.90 Å². The molecule has 0 spiro atoms. The van der Waals surface area contributed by atoms with Gasteiger partial charge in [-0.25, -0.2) is 0 Å². The first-order valence-electron chi connectivity index (χ1n) is 2.33. The van der Waals surface area contributed by atoms with E-state index in [0.29, 0.717) is 0 Å². The molecule has 0 fully saturated rings. The Morgan fingerprint density at radius 1 is 1.67 bits per heavy atom. The van der Waals surface area contributed by atoms with Crippen molar-refractivity contribution in [1.82, 2.24) is 0 Å². The Morgan fingerprint density at radius 3 is 2.56 bits per heavy atom. The predicted molar refractivity (Wildman–Crippen MR) is 34.8 cm³/mol. The molecule has 0 atom stereocenters. The predicted octanol–water partition coefficient (Wildman–Crippen LogP) is 1.17. The van der Waals surface area contributed by atoms with E-state index in [1.54, 1.807) is 0 Å². The number of ketones is 1. The summed E-state index contributed by atoms with van der Waals surface area (Å²) in [5.41, 5.74) is 0. The van der Waals surface area contributed by atoms with Gasteiger partial charge in [0.15, 0.2) is 5.76 Å². The topological polar surface area (TPSA) is 37.3 Å². The van der Waals surface area contributed by atoms with Crippen molar-refractivity contribution in [2.45, 2.75) is 0 Å². The second kappa shape index (κ2) is 3.66. The lowest BCUT2D eigenvalue weighted by atomic mass is 10.3. The van der Waals surface area contributed by atoms with Crippen LogP contribution in [0.3, 0.4) is 0 Å². The van der Waals surface area contributed by atoms with E-state index < -0.39 is 11.5 Å². The van der Waals surface area contributed by atoms with E-state index in [1.807, 2.05) is 0 Å². The monoisotopic (exact) mass is 123 g/mol. The number of rotatable bonds is 3. The third kappa shape index (κ3) is 2.49. The number of carbonyl (C=O) groups excluding carboxylic acids is 1. The molecule has 0 aliphatic rings. The van der Waals surface area contributed by atoms with Crippen molar-refractivity contribution in [3.05, 3.63) is 37.1 Å². The molecule has 0 aliphatic carbocycles. The van der Waals surface area contributed by atoms with E-state index >= 15 is 0 Å². The highest BCUT2D eigenvalue weighted by molar-refractivity contribution is 6.01. The maximum atomic E-state index is 10.4. The zero-order valence-corrected chi connectivity index (χ0v) is 4.87. The summed E-state index contributed by atoms with van der Waals surface area (Å²) in [6.45, 7) is 8.03. The minimum Gasteiger partial charge on any atom is -0.504 e. The molecule has 0 rings (SSSR count). The van der Waals surface area contributed by atoms with Crippen molar-refractivity contribution in [1.29, 1.82) is 0 Å². The van der Waals surface area contributed by atoms with E-state index in [9.17, 15) is 4.79 Å². The Kier molecular flexibility index (Phi) is 3.13. The summed E-state index contributed by atoms with van der Waals surface area (Å²) in [5.74, 6) is -0.927. The zero-order chi connectivity index (χ0) is 7.28. The van der Waals surface area contributed by atoms with Crippen LogP contribution in [0.25, 0.3) is 0 Å². The molecule has 47 valence electrons. The maximum absolute atomic E-state index is 10.4. The molecule has 0 saturated heterocycles. The lowest BCUT2D eigenvalue weighted by molar-refractivity contribution is -0.113. The molecule has 0 saturated carbocycles. The Hall–Kier alpha value is -1.31. The summed E-state index contributed by atoms with van der Waals surface area (Å²) in [5, 5.41) is 8.65. The summed E-state index contributed by atoms with van der Waals surface area (Å²) in [6, 6.07) is 0. The fraction of sp³-hybridized carbons (Fsp3) is 0. The van der Waals surface area contributed by atoms with Gasteiger partial charge in [-0.3, -0.25) is 4.79 Å². The Bertz CT molecular complexity index is 166. The van der Waals surface area contributed by atoms with Gasteiger partial charge in [0.2, 0.25) is 5.78 Å². The van der Waals surface area contributed by atoms with E-state index in [2.05, 4.69) is 6.58 Å². The minimum absolute atomic E-state index is 0.396. The highest BCUT2D eigenvalue weighted by Gasteiger charge is 1.97. The van der Waals surface area contributed by atoms with Gasteiger partial charge in [0, 0.05) is 0 Å². The first-order valence-corrected chi connectivity index (χ1v) is 2.33. The number of allylic oxidation sites excluding steroid dienone is 3. The molecule has 0 aromatic heterocycles. The fourth-order valence-corrected chi connectivity index (χ4v) is 0.278. The molecule has 1 radical (unpaired) electrons. The van der Waals surface area contributed by atoms with Crippen LogP contribution in [-0.2, 0) is 4.79 Å². The first-order chi connectivity index (χ1) is 4.22. The molecule has 0 aromatic rings. The average molecular weight is 123 g/mol. The lowest BCUT2D eigenvalue weighted by Crippen LogP contribution is -1.94. The molecular formula is C7H7O2. The molecule has 0 aliphatic heterocycles. The molecule has 2 heteroatoms. The Morgan fingerprint density at radius 2 is 2.22 bits per heavy atom. The minimum atomic E-state index is -0.531. The van der Waals surface area contributed by atoms with Gasteiger partial charge in [-0.1, -0.05) is 19.2 Å². The quantitative estimate of drug-likeness (QED) is 0.347.